The standard InChI is InChI=1S/C23H33NO.BrH/c1-17(2)24(6,18(3)4)16-15-21(20-12-8-7-9-13-20)22-14-10-11-19(5)23(22)25;/h7-14,17-18,21H,15-16H2,1-6H3;1H/t21-;/m0./s1. The molecule has 1 atom stereocenters. The van der Waals surface area contributed by atoms with Crippen molar-refractivity contribution in [1.29, 1.82) is 0 Å². The van der Waals surface area contributed by atoms with E-state index in [1.54, 1.807) is 0 Å². The van der Waals surface area contributed by atoms with Crippen molar-refractivity contribution in [1.82, 2.24) is 0 Å². The van der Waals surface area contributed by atoms with Crippen molar-refractivity contribution in [3.63, 3.8) is 0 Å². The molecule has 2 rings (SSSR count). The highest BCUT2D eigenvalue weighted by Gasteiger charge is 2.31. The SMILES string of the molecule is Cc1cccc([C@@H](CC[N+](C)(C(C)C)C(C)C)c2ccccc2)c1O.[Br-]. The third-order valence-corrected chi connectivity index (χ3v) is 6.11. The second-order valence-corrected chi connectivity index (χ2v) is 8.02. The van der Waals surface area contributed by atoms with Gasteiger partial charge in [-0.1, -0.05) is 48.5 Å². The summed E-state index contributed by atoms with van der Waals surface area (Å²) < 4.78 is 1.04. The number of aryl methyl sites for hydroxylation is 1. The van der Waals surface area contributed by atoms with Crippen LogP contribution in [0.5, 0.6) is 5.75 Å². The summed E-state index contributed by atoms with van der Waals surface area (Å²) in [5.74, 6) is 0.663. The summed E-state index contributed by atoms with van der Waals surface area (Å²) in [7, 11) is 2.35. The molecule has 0 spiro atoms. The van der Waals surface area contributed by atoms with Gasteiger partial charge in [0.15, 0.2) is 0 Å². The highest BCUT2D eigenvalue weighted by atomic mass is 79.9. The zero-order valence-corrected chi connectivity index (χ0v) is 18.6. The molecular weight excluding hydrogens is 386 g/mol. The fraction of sp³-hybridized carbons (Fsp3) is 0.478. The minimum absolute atomic E-state index is 0. The highest BCUT2D eigenvalue weighted by molar-refractivity contribution is 5.45. The summed E-state index contributed by atoms with van der Waals surface area (Å²) in [6, 6.07) is 17.9. The quantitative estimate of drug-likeness (QED) is 0.683. The average molecular weight is 420 g/mol. The highest BCUT2D eigenvalue weighted by Crippen LogP contribution is 2.36. The first-order valence-electron chi connectivity index (χ1n) is 9.45. The molecule has 0 aliphatic rings. The molecular formula is C23H34BrNO. The van der Waals surface area contributed by atoms with Gasteiger partial charge >= 0.3 is 0 Å². The van der Waals surface area contributed by atoms with Gasteiger partial charge in [0.2, 0.25) is 0 Å². The maximum atomic E-state index is 10.7. The number of aromatic hydroxyl groups is 1. The van der Waals surface area contributed by atoms with Gasteiger partial charge in [-0.05, 0) is 45.7 Å². The van der Waals surface area contributed by atoms with Gasteiger partial charge < -0.3 is 26.6 Å². The van der Waals surface area contributed by atoms with Crippen molar-refractivity contribution in [2.75, 3.05) is 13.6 Å². The van der Waals surface area contributed by atoms with Crippen molar-refractivity contribution >= 4 is 0 Å². The van der Waals surface area contributed by atoms with E-state index in [1.807, 2.05) is 13.0 Å². The normalized spacial score (nSPS) is 12.9. The lowest BCUT2D eigenvalue weighted by Crippen LogP contribution is -3.00. The molecule has 2 aromatic rings. The first-order valence-corrected chi connectivity index (χ1v) is 9.45. The van der Waals surface area contributed by atoms with Crippen LogP contribution >= 0.6 is 0 Å². The molecule has 0 unspecified atom stereocenters. The summed E-state index contributed by atoms with van der Waals surface area (Å²) >= 11 is 0. The Hall–Kier alpha value is -1.32. The summed E-state index contributed by atoms with van der Waals surface area (Å²) in [6.07, 6.45) is 1.02. The lowest BCUT2D eigenvalue weighted by atomic mass is 9.86. The first-order chi connectivity index (χ1) is 11.8. The number of phenolic OH excluding ortho intramolecular Hbond substituents is 1. The Bertz CT molecular complexity index is 674. The van der Waals surface area contributed by atoms with Crippen molar-refractivity contribution < 1.29 is 26.6 Å². The third-order valence-electron chi connectivity index (χ3n) is 6.11. The van der Waals surface area contributed by atoms with Crippen molar-refractivity contribution in [2.45, 2.75) is 59.0 Å². The molecule has 0 fully saturated rings. The Labute approximate surface area is 170 Å². The van der Waals surface area contributed by atoms with Gasteiger partial charge in [-0.15, -0.1) is 0 Å². The number of hydrogen-bond donors (Lipinski definition) is 1. The molecule has 0 radical (unpaired) electrons. The topological polar surface area (TPSA) is 20.2 Å². The van der Waals surface area contributed by atoms with Crippen LogP contribution in [0.2, 0.25) is 0 Å². The molecule has 3 heteroatoms. The molecule has 2 nitrogen and oxygen atoms in total. The summed E-state index contributed by atoms with van der Waals surface area (Å²) in [4.78, 5) is 0. The van der Waals surface area contributed by atoms with Gasteiger partial charge in [-0.25, -0.2) is 0 Å². The minimum Gasteiger partial charge on any atom is -1.00 e. The monoisotopic (exact) mass is 419 g/mol. The molecule has 144 valence electrons. The predicted octanol–water partition coefficient (Wildman–Crippen LogP) is 2.49. The molecule has 0 saturated carbocycles. The largest absolute Gasteiger partial charge is 1.00 e. The van der Waals surface area contributed by atoms with Crippen LogP contribution in [0.1, 0.15) is 56.7 Å². The molecule has 2 aromatic carbocycles. The minimum atomic E-state index is 0. The van der Waals surface area contributed by atoms with E-state index < -0.39 is 0 Å². The molecule has 0 heterocycles. The smallest absolute Gasteiger partial charge is 0.122 e. The number of para-hydroxylation sites is 1. The molecule has 1 N–H and O–H groups in total. The second kappa shape index (κ2) is 9.57. The van der Waals surface area contributed by atoms with Crippen LogP contribution < -0.4 is 17.0 Å². The van der Waals surface area contributed by atoms with E-state index in [-0.39, 0.29) is 22.9 Å². The van der Waals surface area contributed by atoms with Crippen LogP contribution in [0.15, 0.2) is 48.5 Å². The van der Waals surface area contributed by atoms with Gasteiger partial charge in [0, 0.05) is 17.9 Å². The number of phenols is 1. The van der Waals surface area contributed by atoms with Gasteiger partial charge in [-0.2, -0.15) is 0 Å². The first kappa shape index (κ1) is 22.7. The zero-order valence-electron chi connectivity index (χ0n) is 17.0. The lowest BCUT2D eigenvalue weighted by Gasteiger charge is -2.43. The van der Waals surface area contributed by atoms with E-state index in [2.05, 4.69) is 77.2 Å². The van der Waals surface area contributed by atoms with Crippen LogP contribution in [-0.4, -0.2) is 35.3 Å². The lowest BCUT2D eigenvalue weighted by molar-refractivity contribution is -0.949. The Morgan fingerprint density at radius 3 is 2.00 bits per heavy atom. The zero-order chi connectivity index (χ0) is 18.6. The molecule has 0 saturated heterocycles. The molecule has 0 bridgehead atoms. The molecule has 26 heavy (non-hydrogen) atoms. The summed E-state index contributed by atoms with van der Waals surface area (Å²) in [6.45, 7) is 12.3. The van der Waals surface area contributed by atoms with Crippen LogP contribution in [0, 0.1) is 6.92 Å². The number of quaternary nitrogens is 1. The Morgan fingerprint density at radius 1 is 0.885 bits per heavy atom. The van der Waals surface area contributed by atoms with E-state index in [4.69, 9.17) is 0 Å². The third kappa shape index (κ3) is 4.89. The fourth-order valence-electron chi connectivity index (χ4n) is 3.67. The van der Waals surface area contributed by atoms with E-state index >= 15 is 0 Å². The van der Waals surface area contributed by atoms with Crippen molar-refractivity contribution in [2.24, 2.45) is 0 Å². The Kier molecular flexibility index (Phi) is 8.36. The maximum absolute atomic E-state index is 10.7. The summed E-state index contributed by atoms with van der Waals surface area (Å²) in [5.41, 5.74) is 3.27. The number of halogens is 1. The Morgan fingerprint density at radius 2 is 1.46 bits per heavy atom. The van der Waals surface area contributed by atoms with Gasteiger partial charge in [0.1, 0.15) is 5.75 Å². The van der Waals surface area contributed by atoms with Crippen molar-refractivity contribution in [3.05, 3.63) is 65.2 Å². The number of rotatable bonds is 7. The van der Waals surface area contributed by atoms with Gasteiger partial charge in [0.05, 0.1) is 25.7 Å². The van der Waals surface area contributed by atoms with Crippen LogP contribution in [-0.2, 0) is 0 Å². The number of hydrogen-bond acceptors (Lipinski definition) is 1. The molecule has 0 aliphatic heterocycles. The van der Waals surface area contributed by atoms with Crippen molar-refractivity contribution in [3.8, 4) is 5.75 Å². The van der Waals surface area contributed by atoms with E-state index in [1.165, 1.54) is 5.56 Å². The molecule has 0 aliphatic carbocycles. The van der Waals surface area contributed by atoms with Crippen LogP contribution in [0.4, 0.5) is 0 Å². The van der Waals surface area contributed by atoms with E-state index in [0.717, 1.165) is 28.6 Å². The van der Waals surface area contributed by atoms with E-state index in [0.29, 0.717) is 17.8 Å². The number of nitrogens with zero attached hydrogens (tertiary/aromatic N) is 1. The van der Waals surface area contributed by atoms with Gasteiger partial charge in [0.25, 0.3) is 0 Å². The van der Waals surface area contributed by atoms with Gasteiger partial charge in [-0.3, -0.25) is 0 Å². The second-order valence-electron chi connectivity index (χ2n) is 8.02. The Balaban J connectivity index is 0.00000338. The summed E-state index contributed by atoms with van der Waals surface area (Å²) in [5, 5.41) is 10.7. The molecule has 0 aromatic heterocycles. The van der Waals surface area contributed by atoms with Crippen LogP contribution in [0.3, 0.4) is 0 Å². The molecule has 0 amide bonds. The van der Waals surface area contributed by atoms with Crippen LogP contribution in [0.25, 0.3) is 0 Å². The maximum Gasteiger partial charge on any atom is 0.122 e. The average Bonchev–Trinajstić information content (AvgIpc) is 2.59. The van der Waals surface area contributed by atoms with E-state index in [9.17, 15) is 5.11 Å². The number of benzene rings is 2. The fourth-order valence-corrected chi connectivity index (χ4v) is 3.67. The predicted molar refractivity (Wildman–Crippen MR) is 107 cm³/mol.